The van der Waals surface area contributed by atoms with Gasteiger partial charge in [0.25, 0.3) is 0 Å². The Morgan fingerprint density at radius 1 is 0.837 bits per heavy atom. The number of benzene rings is 2. The Morgan fingerprint density at radius 2 is 1.35 bits per heavy atom. The molecule has 2 aromatic rings. The van der Waals surface area contributed by atoms with E-state index in [0.717, 1.165) is 31.3 Å². The lowest BCUT2D eigenvalue weighted by Crippen LogP contribution is -2.49. The van der Waals surface area contributed by atoms with E-state index in [2.05, 4.69) is 19.1 Å². The minimum Gasteiger partial charge on any atom is -0.507 e. The quantitative estimate of drug-likeness (QED) is 0.122. The van der Waals surface area contributed by atoms with Crippen LogP contribution in [0.5, 0.6) is 17.2 Å². The molecular weight excluding hydrogens is 548 g/mol. The molecule has 0 saturated carbocycles. The molecule has 0 heterocycles. The molecule has 0 saturated heterocycles. The van der Waals surface area contributed by atoms with Gasteiger partial charge in [0.1, 0.15) is 17.2 Å². The van der Waals surface area contributed by atoms with Crippen LogP contribution in [0.2, 0.25) is 0 Å². The number of rotatable bonds is 12. The summed E-state index contributed by atoms with van der Waals surface area (Å²) in [6, 6.07) is 1.31. The second kappa shape index (κ2) is 13.0. The zero-order chi connectivity index (χ0) is 32.4. The number of phenolic OH excluding ortho intramolecular Hbond substituents is 3. The maximum absolute atomic E-state index is 13.6. The van der Waals surface area contributed by atoms with E-state index in [9.17, 15) is 40.2 Å². The van der Waals surface area contributed by atoms with E-state index in [1.807, 2.05) is 13.8 Å². The van der Waals surface area contributed by atoms with Crippen molar-refractivity contribution >= 4 is 22.3 Å². The summed E-state index contributed by atoms with van der Waals surface area (Å²) in [6.45, 7) is 12.2. The summed E-state index contributed by atoms with van der Waals surface area (Å²) in [5, 5.41) is 63.5. The molecule has 8 nitrogen and oxygen atoms in total. The number of carbonyl (C=O) groups excluding carboxylic acids is 2. The number of phenols is 3. The molecule has 0 fully saturated rings. The van der Waals surface area contributed by atoms with Crippen LogP contribution < -0.4 is 0 Å². The molecule has 2 aromatic carbocycles. The second-order valence-corrected chi connectivity index (χ2v) is 12.7. The van der Waals surface area contributed by atoms with Crippen LogP contribution in [0, 0.1) is 13.8 Å². The van der Waals surface area contributed by atoms with Gasteiger partial charge in [-0.3, -0.25) is 9.59 Å². The number of aromatic hydroxyl groups is 3. The van der Waals surface area contributed by atoms with Gasteiger partial charge >= 0.3 is 0 Å². The van der Waals surface area contributed by atoms with Crippen LogP contribution in [-0.4, -0.2) is 59.5 Å². The Bertz CT molecular complexity index is 1520. The summed E-state index contributed by atoms with van der Waals surface area (Å²) in [4.78, 5) is 27.1. The molecule has 6 N–H and O–H groups in total. The van der Waals surface area contributed by atoms with E-state index in [-0.39, 0.29) is 39.6 Å². The fourth-order valence-electron chi connectivity index (χ4n) is 5.55. The molecule has 1 aliphatic rings. The monoisotopic (exact) mass is 594 g/mol. The van der Waals surface area contributed by atoms with Gasteiger partial charge in [-0.25, -0.2) is 0 Å². The molecule has 0 radical (unpaired) electrons. The zero-order valence-corrected chi connectivity index (χ0v) is 26.3. The highest BCUT2D eigenvalue weighted by molar-refractivity contribution is 6.36. The normalized spacial score (nSPS) is 19.0. The summed E-state index contributed by atoms with van der Waals surface area (Å²) < 4.78 is 0. The van der Waals surface area contributed by atoms with Gasteiger partial charge in [-0.05, 0) is 98.6 Å². The fourth-order valence-corrected chi connectivity index (χ4v) is 5.55. The molecule has 0 amide bonds. The number of carbonyl (C=O) groups is 2. The number of aliphatic hydroxyl groups excluding tert-OH is 1. The predicted molar refractivity (Wildman–Crippen MR) is 168 cm³/mol. The average molecular weight is 595 g/mol. The third-order valence-corrected chi connectivity index (χ3v) is 8.58. The molecule has 0 spiro atoms. The van der Waals surface area contributed by atoms with Crippen LogP contribution in [0.25, 0.3) is 10.8 Å². The number of ketones is 2. The molecule has 3 rings (SSSR count). The Labute approximate surface area is 253 Å². The summed E-state index contributed by atoms with van der Waals surface area (Å²) in [5.74, 6) is -3.16. The van der Waals surface area contributed by atoms with E-state index in [1.54, 1.807) is 26.8 Å². The van der Waals surface area contributed by atoms with E-state index in [1.165, 1.54) is 24.1 Å². The van der Waals surface area contributed by atoms with Gasteiger partial charge in [-0.1, -0.05) is 34.9 Å². The maximum Gasteiger partial charge on any atom is 0.207 e. The van der Waals surface area contributed by atoms with Crippen molar-refractivity contribution in [3.05, 3.63) is 63.3 Å². The van der Waals surface area contributed by atoms with Crippen LogP contribution in [0.4, 0.5) is 0 Å². The zero-order valence-electron chi connectivity index (χ0n) is 26.3. The van der Waals surface area contributed by atoms with Gasteiger partial charge in [-0.2, -0.15) is 0 Å². The number of hydrogen-bond donors (Lipinski definition) is 6. The second-order valence-electron chi connectivity index (χ2n) is 12.7. The lowest BCUT2D eigenvalue weighted by atomic mass is 9.73. The largest absolute Gasteiger partial charge is 0.507 e. The predicted octanol–water partition coefficient (Wildman–Crippen LogP) is 6.38. The van der Waals surface area contributed by atoms with Crippen molar-refractivity contribution in [3.8, 4) is 17.2 Å². The summed E-state index contributed by atoms with van der Waals surface area (Å²) >= 11 is 0. The number of Topliss-reactive ketones (excluding diaryl/α,β-unsaturated/α-hetero) is 2. The summed E-state index contributed by atoms with van der Waals surface area (Å²) in [5.41, 5.74) is -0.443. The lowest BCUT2D eigenvalue weighted by Gasteiger charge is -2.32. The Balaban J connectivity index is 1.67. The molecule has 8 heteroatoms. The Kier molecular flexibility index (Phi) is 10.3. The maximum atomic E-state index is 13.6. The lowest BCUT2D eigenvalue weighted by molar-refractivity contribution is -0.0509. The van der Waals surface area contributed by atoms with Crippen molar-refractivity contribution < 1.29 is 40.2 Å². The molecule has 2 atom stereocenters. The number of allylic oxidation sites excluding steroid dienone is 5. The summed E-state index contributed by atoms with van der Waals surface area (Å²) in [7, 11) is 0. The fraction of sp³-hybridized carbons (Fsp3) is 0.486. The minimum absolute atomic E-state index is 0.0455. The molecule has 0 aliphatic heterocycles. The Hall–Kier alpha value is -3.46. The van der Waals surface area contributed by atoms with E-state index in [0.29, 0.717) is 18.4 Å². The van der Waals surface area contributed by atoms with E-state index < -0.39 is 40.4 Å². The Morgan fingerprint density at radius 3 is 1.91 bits per heavy atom. The van der Waals surface area contributed by atoms with Gasteiger partial charge in [0.2, 0.25) is 11.6 Å². The average Bonchev–Trinajstić information content (AvgIpc) is 2.91. The number of aryl methyl sites for hydroxylation is 1. The third kappa shape index (κ3) is 7.03. The van der Waals surface area contributed by atoms with E-state index in [4.69, 9.17) is 0 Å². The molecule has 234 valence electrons. The van der Waals surface area contributed by atoms with Crippen LogP contribution in [0.15, 0.2) is 41.0 Å². The van der Waals surface area contributed by atoms with Crippen LogP contribution >= 0.6 is 0 Å². The van der Waals surface area contributed by atoms with Gasteiger partial charge in [0.05, 0.1) is 22.8 Å². The first-order valence-corrected chi connectivity index (χ1v) is 14.8. The van der Waals surface area contributed by atoms with Crippen LogP contribution in [0.1, 0.15) is 111 Å². The van der Waals surface area contributed by atoms with Gasteiger partial charge in [0, 0.05) is 22.8 Å². The first-order valence-electron chi connectivity index (χ1n) is 14.8. The van der Waals surface area contributed by atoms with Gasteiger partial charge in [0.15, 0.2) is 5.60 Å². The molecule has 43 heavy (non-hydrogen) atoms. The highest BCUT2D eigenvalue weighted by Crippen LogP contribution is 2.49. The standard InChI is InChI=1S/C35H46O8/c1-19(10-8-12-20(2)14-15-25(37)34(6,7)42)11-9-13-21(3)16-17-35(43)32(40)27-24(36)18-22(4)26-28(27)29(33(35)41)31(39)23(5)30(26)38/h11-12,16,18,25,36-39,42-43H,8-10,13-15,17H2,1-7H3/b19-11+,20-12+,21-16+. The first-order chi connectivity index (χ1) is 19.9. The van der Waals surface area contributed by atoms with Crippen molar-refractivity contribution in [2.24, 2.45) is 0 Å². The highest BCUT2D eigenvalue weighted by atomic mass is 16.3. The van der Waals surface area contributed by atoms with Crippen molar-refractivity contribution in [3.63, 3.8) is 0 Å². The SMILES string of the molecule is C/C(=C\CC/C(C)=C/CC1(O)C(=O)c2c(O)cc(C)c3c(O)c(C)c(O)c(c23)C1=O)CC/C=C(\C)CCC(O)C(C)(C)O. The number of aliphatic hydroxyl groups is 3. The smallest absolute Gasteiger partial charge is 0.207 e. The topological polar surface area (TPSA) is 156 Å². The summed E-state index contributed by atoms with van der Waals surface area (Å²) in [6.07, 6.45) is 9.19. The van der Waals surface area contributed by atoms with Crippen LogP contribution in [-0.2, 0) is 0 Å². The molecule has 0 aromatic heterocycles. The van der Waals surface area contributed by atoms with Gasteiger partial charge < -0.3 is 30.6 Å². The molecular formula is C35H46O8. The molecule has 0 bridgehead atoms. The van der Waals surface area contributed by atoms with E-state index >= 15 is 0 Å². The first kappa shape index (κ1) is 34.0. The highest BCUT2D eigenvalue weighted by Gasteiger charge is 2.51. The van der Waals surface area contributed by atoms with Crippen molar-refractivity contribution in [1.82, 2.24) is 0 Å². The minimum atomic E-state index is -2.51. The molecule has 2 unspecified atom stereocenters. The third-order valence-electron chi connectivity index (χ3n) is 8.58. The number of hydrogen-bond acceptors (Lipinski definition) is 8. The van der Waals surface area contributed by atoms with Crippen molar-refractivity contribution in [1.29, 1.82) is 0 Å². The van der Waals surface area contributed by atoms with Gasteiger partial charge in [-0.15, -0.1) is 0 Å². The van der Waals surface area contributed by atoms with Crippen molar-refractivity contribution in [2.45, 2.75) is 111 Å². The van der Waals surface area contributed by atoms with Crippen LogP contribution in [0.3, 0.4) is 0 Å². The van der Waals surface area contributed by atoms with Crippen molar-refractivity contribution in [2.75, 3.05) is 0 Å². The molecule has 1 aliphatic carbocycles.